The van der Waals surface area contributed by atoms with Crippen LogP contribution in [-0.2, 0) is 6.42 Å². The van der Waals surface area contributed by atoms with Gasteiger partial charge in [-0.3, -0.25) is 0 Å². The van der Waals surface area contributed by atoms with Gasteiger partial charge < -0.3 is 9.47 Å². The molecule has 0 amide bonds. The Labute approximate surface area is 277 Å². The monoisotopic (exact) mass is 614 g/mol. The first kappa shape index (κ1) is 40.8. The summed E-state index contributed by atoms with van der Waals surface area (Å²) >= 11 is 0. The minimum atomic E-state index is 0.815. The van der Waals surface area contributed by atoms with Crippen LogP contribution in [0.15, 0.2) is 18.2 Å². The van der Waals surface area contributed by atoms with Crippen molar-refractivity contribution in [1.29, 1.82) is 0 Å². The Morgan fingerprint density at radius 2 is 0.682 bits per heavy atom. The molecule has 0 N–H and O–H groups in total. The topological polar surface area (TPSA) is 18.5 Å². The molecule has 0 spiro atoms. The van der Waals surface area contributed by atoms with Crippen LogP contribution in [0.1, 0.15) is 212 Å². The molecule has 0 aromatic heterocycles. The van der Waals surface area contributed by atoms with Gasteiger partial charge in [0.2, 0.25) is 0 Å². The Balaban J connectivity index is 2.09. The molecule has 0 unspecified atom stereocenters. The first-order valence-corrected chi connectivity index (χ1v) is 20.0. The molecule has 0 aliphatic heterocycles. The van der Waals surface area contributed by atoms with Crippen LogP contribution in [0, 0.1) is 6.92 Å². The van der Waals surface area contributed by atoms with Crippen LogP contribution >= 0.6 is 0 Å². The van der Waals surface area contributed by atoms with Crippen molar-refractivity contribution in [3.63, 3.8) is 0 Å². The number of hydrogen-bond acceptors (Lipinski definition) is 2. The molecule has 0 saturated carbocycles. The standard InChI is InChI=1S/C42H77O2/c1-4-7-10-12-14-16-18-20-22-24-26-28-30-32-35-43-41-37-40(34-9-6-3)38-42(39-41)44-36-33-31-29-27-25-23-21-19-17-15-13-11-8-5-2/h37-39H,3-36H2,1-2H3. The third-order valence-corrected chi connectivity index (χ3v) is 9.19. The van der Waals surface area contributed by atoms with E-state index in [0.717, 1.165) is 56.8 Å². The highest BCUT2D eigenvalue weighted by molar-refractivity contribution is 5.38. The summed E-state index contributed by atoms with van der Waals surface area (Å²) in [5.74, 6) is 1.97. The lowest BCUT2D eigenvalue weighted by atomic mass is 10.0. The van der Waals surface area contributed by atoms with Crippen LogP contribution in [0.5, 0.6) is 11.5 Å². The molecule has 0 aliphatic carbocycles. The summed E-state index contributed by atoms with van der Waals surface area (Å²) in [5.41, 5.74) is 1.32. The first-order chi connectivity index (χ1) is 21.8. The summed E-state index contributed by atoms with van der Waals surface area (Å²) in [6, 6.07) is 6.55. The zero-order valence-corrected chi connectivity index (χ0v) is 30.1. The molecule has 1 aromatic rings. The molecule has 2 heteroatoms. The maximum absolute atomic E-state index is 6.21. The van der Waals surface area contributed by atoms with Crippen LogP contribution in [0.2, 0.25) is 0 Å². The third-order valence-electron chi connectivity index (χ3n) is 9.19. The average Bonchev–Trinajstić information content (AvgIpc) is 3.03. The van der Waals surface area contributed by atoms with Crippen LogP contribution in [0.3, 0.4) is 0 Å². The number of aryl methyl sites for hydroxylation is 1. The molecule has 44 heavy (non-hydrogen) atoms. The maximum Gasteiger partial charge on any atom is 0.123 e. The van der Waals surface area contributed by atoms with Gasteiger partial charge in [-0.2, -0.15) is 0 Å². The van der Waals surface area contributed by atoms with Gasteiger partial charge in [-0.05, 0) is 43.4 Å². The predicted octanol–water partition coefficient (Wildman–Crippen LogP) is 14.6. The van der Waals surface area contributed by atoms with Gasteiger partial charge in [0.15, 0.2) is 0 Å². The van der Waals surface area contributed by atoms with E-state index in [2.05, 4.69) is 39.0 Å². The fourth-order valence-electron chi connectivity index (χ4n) is 6.24. The molecular weight excluding hydrogens is 536 g/mol. The van der Waals surface area contributed by atoms with Crippen molar-refractivity contribution in [2.75, 3.05) is 13.2 Å². The van der Waals surface area contributed by atoms with E-state index in [4.69, 9.17) is 9.47 Å². The van der Waals surface area contributed by atoms with Crippen LogP contribution in [-0.4, -0.2) is 13.2 Å². The lowest BCUT2D eigenvalue weighted by Crippen LogP contribution is -2.01. The zero-order valence-electron chi connectivity index (χ0n) is 30.1. The molecule has 0 heterocycles. The van der Waals surface area contributed by atoms with E-state index < -0.39 is 0 Å². The summed E-state index contributed by atoms with van der Waals surface area (Å²) < 4.78 is 12.4. The van der Waals surface area contributed by atoms with E-state index in [1.54, 1.807) is 0 Å². The van der Waals surface area contributed by atoms with Gasteiger partial charge in [0, 0.05) is 6.07 Å². The highest BCUT2D eigenvalue weighted by Crippen LogP contribution is 2.25. The Morgan fingerprint density at radius 3 is 0.977 bits per heavy atom. The van der Waals surface area contributed by atoms with Crippen LogP contribution < -0.4 is 9.47 Å². The number of hydrogen-bond donors (Lipinski definition) is 0. The van der Waals surface area contributed by atoms with E-state index in [0.29, 0.717) is 0 Å². The fourth-order valence-corrected chi connectivity index (χ4v) is 6.24. The molecule has 1 rings (SSSR count). The normalized spacial score (nSPS) is 11.3. The number of ether oxygens (including phenoxy) is 2. The number of unbranched alkanes of at least 4 members (excludes halogenated alkanes) is 27. The molecule has 0 saturated heterocycles. The molecule has 1 radical (unpaired) electrons. The molecule has 1 aromatic carbocycles. The van der Waals surface area contributed by atoms with Crippen molar-refractivity contribution in [3.05, 3.63) is 30.7 Å². The van der Waals surface area contributed by atoms with E-state index in [9.17, 15) is 0 Å². The second-order valence-corrected chi connectivity index (χ2v) is 13.7. The van der Waals surface area contributed by atoms with Crippen molar-refractivity contribution in [3.8, 4) is 11.5 Å². The SMILES string of the molecule is [CH2]CCCc1cc(OCCCCCCCCCCCCCCCC)cc(OCCCCCCCCCCCCCCCC)c1. The van der Waals surface area contributed by atoms with E-state index >= 15 is 0 Å². The predicted molar refractivity (Wildman–Crippen MR) is 196 cm³/mol. The van der Waals surface area contributed by atoms with Gasteiger partial charge >= 0.3 is 0 Å². The van der Waals surface area contributed by atoms with Gasteiger partial charge in [-0.1, -0.05) is 194 Å². The quantitative estimate of drug-likeness (QED) is 0.0709. The minimum absolute atomic E-state index is 0.815. The largest absolute Gasteiger partial charge is 0.493 e. The highest BCUT2D eigenvalue weighted by Gasteiger charge is 2.05. The second-order valence-electron chi connectivity index (χ2n) is 13.7. The summed E-state index contributed by atoms with van der Waals surface area (Å²) in [4.78, 5) is 0. The van der Waals surface area contributed by atoms with Crippen molar-refractivity contribution in [1.82, 2.24) is 0 Å². The highest BCUT2D eigenvalue weighted by atomic mass is 16.5. The fraction of sp³-hybridized carbons (Fsp3) is 0.833. The summed E-state index contributed by atoms with van der Waals surface area (Å²) in [6.45, 7) is 10.3. The lowest BCUT2D eigenvalue weighted by Gasteiger charge is -2.13. The van der Waals surface area contributed by atoms with Gasteiger partial charge in [0.1, 0.15) is 11.5 Å². The third kappa shape index (κ3) is 27.2. The number of rotatable bonds is 35. The van der Waals surface area contributed by atoms with Crippen LogP contribution in [0.25, 0.3) is 0 Å². The summed E-state index contributed by atoms with van der Waals surface area (Å²) in [7, 11) is 0. The Morgan fingerprint density at radius 1 is 0.386 bits per heavy atom. The Kier molecular flexibility index (Phi) is 30.8. The van der Waals surface area contributed by atoms with Gasteiger partial charge in [0.25, 0.3) is 0 Å². The minimum Gasteiger partial charge on any atom is -0.493 e. The van der Waals surface area contributed by atoms with E-state index in [1.165, 1.54) is 173 Å². The Bertz CT molecular complexity index is 647. The first-order valence-electron chi connectivity index (χ1n) is 20.0. The van der Waals surface area contributed by atoms with Crippen molar-refractivity contribution >= 4 is 0 Å². The Hall–Kier alpha value is -1.18. The zero-order chi connectivity index (χ0) is 31.6. The van der Waals surface area contributed by atoms with Crippen molar-refractivity contribution in [2.24, 2.45) is 0 Å². The van der Waals surface area contributed by atoms with Gasteiger partial charge in [-0.15, -0.1) is 0 Å². The smallest absolute Gasteiger partial charge is 0.123 e. The van der Waals surface area contributed by atoms with Gasteiger partial charge in [0.05, 0.1) is 13.2 Å². The van der Waals surface area contributed by atoms with E-state index in [-0.39, 0.29) is 0 Å². The lowest BCUT2D eigenvalue weighted by molar-refractivity contribution is 0.289. The molecule has 0 fully saturated rings. The number of benzene rings is 1. The molecular formula is C42H77O2. The van der Waals surface area contributed by atoms with Crippen molar-refractivity contribution in [2.45, 2.75) is 213 Å². The van der Waals surface area contributed by atoms with Gasteiger partial charge in [-0.25, -0.2) is 0 Å². The summed E-state index contributed by atoms with van der Waals surface area (Å²) in [6.07, 6.45) is 42.0. The van der Waals surface area contributed by atoms with Crippen molar-refractivity contribution < 1.29 is 9.47 Å². The molecule has 2 nitrogen and oxygen atoms in total. The van der Waals surface area contributed by atoms with E-state index in [1.807, 2.05) is 0 Å². The molecule has 0 aliphatic rings. The maximum atomic E-state index is 6.21. The molecule has 0 bridgehead atoms. The second kappa shape index (κ2) is 33.2. The average molecular weight is 614 g/mol. The van der Waals surface area contributed by atoms with Crippen LogP contribution in [0.4, 0.5) is 0 Å². The molecule has 0 atom stereocenters. The molecule has 257 valence electrons. The summed E-state index contributed by atoms with van der Waals surface area (Å²) in [5, 5.41) is 0.